The van der Waals surface area contributed by atoms with Crippen LogP contribution in [0.1, 0.15) is 54.6 Å². The van der Waals surface area contributed by atoms with Gasteiger partial charge in [0.25, 0.3) is 0 Å². The molecule has 28 heavy (non-hydrogen) atoms. The molecule has 0 saturated carbocycles. The Morgan fingerprint density at radius 1 is 1.11 bits per heavy atom. The number of aromatic nitrogens is 3. The number of hydrogen-bond donors (Lipinski definition) is 1. The molecule has 0 aromatic carbocycles. The van der Waals surface area contributed by atoms with Crippen molar-refractivity contribution in [2.75, 3.05) is 0 Å². The lowest BCUT2D eigenvalue weighted by Gasteiger charge is -2.15. The lowest BCUT2D eigenvalue weighted by molar-refractivity contribution is -0.0561. The van der Waals surface area contributed by atoms with E-state index < -0.39 is 12.7 Å². The molecule has 1 atom stereocenters. The number of rotatable bonds is 9. The molecule has 1 N–H and O–H groups in total. The Morgan fingerprint density at radius 3 is 2.68 bits per heavy atom. The fourth-order valence-corrected chi connectivity index (χ4v) is 3.30. The maximum Gasteiger partial charge on any atom is 0.389 e. The van der Waals surface area contributed by atoms with Crippen LogP contribution >= 0.6 is 0 Å². The molecule has 2 heterocycles. The summed E-state index contributed by atoms with van der Waals surface area (Å²) in [7, 11) is 0. The van der Waals surface area contributed by atoms with E-state index in [2.05, 4.69) is 26.8 Å². The summed E-state index contributed by atoms with van der Waals surface area (Å²) in [6.07, 6.45) is 13.7. The molecule has 0 spiro atoms. The first kappa shape index (κ1) is 20.3. The standard InChI is InChI=1S/C21H25F2N3O2/c22-20(23)28-21-24-13-15(14-25-21)9-12-18(27)7-3-2-6-17-11-10-16-5-1-4-8-19(16)26-17/h9-14,18,20,27H,1-8H2/b12-9+. The van der Waals surface area contributed by atoms with Gasteiger partial charge < -0.3 is 9.84 Å². The summed E-state index contributed by atoms with van der Waals surface area (Å²) >= 11 is 0. The number of unbranched alkanes of at least 4 members (excludes halogenated alkanes) is 1. The number of halogens is 2. The quantitative estimate of drug-likeness (QED) is 0.653. The van der Waals surface area contributed by atoms with Crippen LogP contribution in [0.15, 0.2) is 30.6 Å². The summed E-state index contributed by atoms with van der Waals surface area (Å²) in [6.45, 7) is -2.94. The first-order valence-corrected chi connectivity index (χ1v) is 9.71. The minimum Gasteiger partial charge on any atom is -0.401 e. The molecule has 0 radical (unpaired) electrons. The molecular formula is C21H25F2N3O2. The second kappa shape index (κ2) is 10.2. The number of fused-ring (bicyclic) bond motifs is 1. The summed E-state index contributed by atoms with van der Waals surface area (Å²) in [4.78, 5) is 12.1. The lowest BCUT2D eigenvalue weighted by atomic mass is 9.95. The third-order valence-electron chi connectivity index (χ3n) is 4.77. The van der Waals surface area contributed by atoms with Crippen LogP contribution < -0.4 is 4.74 Å². The van der Waals surface area contributed by atoms with Crippen LogP contribution in [0.4, 0.5) is 8.78 Å². The van der Waals surface area contributed by atoms with Gasteiger partial charge >= 0.3 is 12.6 Å². The summed E-state index contributed by atoms with van der Waals surface area (Å²) in [5, 5.41) is 10.1. The highest BCUT2D eigenvalue weighted by molar-refractivity contribution is 5.47. The molecule has 0 saturated heterocycles. The predicted molar refractivity (Wildman–Crippen MR) is 102 cm³/mol. The Bertz CT molecular complexity index is 782. The molecule has 2 aromatic heterocycles. The van der Waals surface area contributed by atoms with Crippen molar-refractivity contribution in [2.24, 2.45) is 0 Å². The van der Waals surface area contributed by atoms with E-state index in [-0.39, 0.29) is 6.01 Å². The topological polar surface area (TPSA) is 68.1 Å². The molecule has 7 heteroatoms. The number of hydrogen-bond acceptors (Lipinski definition) is 5. The number of aliphatic hydroxyl groups is 1. The third-order valence-corrected chi connectivity index (χ3v) is 4.77. The van der Waals surface area contributed by atoms with Gasteiger partial charge in [-0.1, -0.05) is 24.6 Å². The zero-order valence-electron chi connectivity index (χ0n) is 15.7. The minimum atomic E-state index is -2.94. The Labute approximate surface area is 163 Å². The van der Waals surface area contributed by atoms with Crippen molar-refractivity contribution in [1.29, 1.82) is 0 Å². The second-order valence-electron chi connectivity index (χ2n) is 6.97. The molecule has 1 unspecified atom stereocenters. The van der Waals surface area contributed by atoms with Gasteiger partial charge in [0.2, 0.25) is 0 Å². The van der Waals surface area contributed by atoms with Gasteiger partial charge in [-0.2, -0.15) is 8.78 Å². The van der Waals surface area contributed by atoms with Gasteiger partial charge in [-0.25, -0.2) is 9.97 Å². The van der Waals surface area contributed by atoms with Crippen molar-refractivity contribution in [3.8, 4) is 6.01 Å². The van der Waals surface area contributed by atoms with Gasteiger partial charge in [0.05, 0.1) is 6.10 Å². The number of ether oxygens (including phenoxy) is 1. The average Bonchev–Trinajstić information content (AvgIpc) is 2.70. The molecule has 2 aromatic rings. The van der Waals surface area contributed by atoms with Gasteiger partial charge in [-0.05, 0) is 56.6 Å². The fourth-order valence-electron chi connectivity index (χ4n) is 3.30. The monoisotopic (exact) mass is 389 g/mol. The number of alkyl halides is 2. The third kappa shape index (κ3) is 6.34. The van der Waals surface area contributed by atoms with E-state index in [1.807, 2.05) is 0 Å². The molecule has 5 nitrogen and oxygen atoms in total. The summed E-state index contributed by atoms with van der Waals surface area (Å²) in [5.74, 6) is 0. The van der Waals surface area contributed by atoms with Crippen molar-refractivity contribution in [1.82, 2.24) is 15.0 Å². The van der Waals surface area contributed by atoms with Gasteiger partial charge in [0.15, 0.2) is 0 Å². The average molecular weight is 389 g/mol. The largest absolute Gasteiger partial charge is 0.401 e. The molecular weight excluding hydrogens is 364 g/mol. The number of nitrogens with zero attached hydrogens (tertiary/aromatic N) is 3. The number of aryl methyl sites for hydroxylation is 3. The molecule has 1 aliphatic rings. The van der Waals surface area contributed by atoms with Crippen LogP contribution in [-0.2, 0) is 19.3 Å². The zero-order valence-corrected chi connectivity index (χ0v) is 15.7. The molecule has 150 valence electrons. The van der Waals surface area contributed by atoms with Crippen molar-refractivity contribution < 1.29 is 18.6 Å². The van der Waals surface area contributed by atoms with E-state index in [1.54, 1.807) is 12.2 Å². The highest BCUT2D eigenvalue weighted by atomic mass is 19.3. The summed E-state index contributed by atoms with van der Waals surface area (Å²) in [5.41, 5.74) is 4.40. The van der Waals surface area contributed by atoms with Crippen molar-refractivity contribution in [3.63, 3.8) is 0 Å². The van der Waals surface area contributed by atoms with Crippen LogP contribution in [0.25, 0.3) is 6.08 Å². The molecule has 0 bridgehead atoms. The lowest BCUT2D eigenvalue weighted by Crippen LogP contribution is -2.07. The first-order chi connectivity index (χ1) is 13.6. The normalized spacial score (nSPS) is 15.0. The first-order valence-electron chi connectivity index (χ1n) is 9.71. The zero-order chi connectivity index (χ0) is 19.8. The summed E-state index contributed by atoms with van der Waals surface area (Å²) < 4.78 is 28.2. The Morgan fingerprint density at radius 2 is 1.89 bits per heavy atom. The van der Waals surface area contributed by atoms with Gasteiger partial charge in [-0.3, -0.25) is 4.98 Å². The Hall–Kier alpha value is -2.41. The smallest absolute Gasteiger partial charge is 0.389 e. The molecule has 1 aliphatic carbocycles. The number of aliphatic hydroxyl groups excluding tert-OH is 1. The minimum absolute atomic E-state index is 0.372. The van der Waals surface area contributed by atoms with Gasteiger partial charge in [0, 0.05) is 29.3 Å². The predicted octanol–water partition coefficient (Wildman–Crippen LogP) is 4.14. The molecule has 0 amide bonds. The van der Waals surface area contributed by atoms with Gasteiger partial charge in [0.1, 0.15) is 0 Å². The highest BCUT2D eigenvalue weighted by Gasteiger charge is 2.11. The van der Waals surface area contributed by atoms with Crippen LogP contribution in [0.2, 0.25) is 0 Å². The molecule has 0 fully saturated rings. The van der Waals surface area contributed by atoms with E-state index in [1.165, 1.54) is 36.5 Å². The van der Waals surface area contributed by atoms with Crippen LogP contribution in [0, 0.1) is 0 Å². The number of pyridine rings is 1. The summed E-state index contributed by atoms with van der Waals surface area (Å²) in [6, 6.07) is 3.97. The van der Waals surface area contributed by atoms with E-state index >= 15 is 0 Å². The van der Waals surface area contributed by atoms with Crippen molar-refractivity contribution in [3.05, 3.63) is 53.1 Å². The molecule has 0 aliphatic heterocycles. The SMILES string of the molecule is OC(/C=C/c1cnc(OC(F)F)nc1)CCCCc1ccc2c(n1)CCCC2. The Balaban J connectivity index is 1.38. The second-order valence-corrected chi connectivity index (χ2v) is 6.97. The maximum absolute atomic E-state index is 12.1. The molecule has 3 rings (SSSR count). The maximum atomic E-state index is 12.1. The van der Waals surface area contributed by atoms with E-state index in [0.717, 1.165) is 37.8 Å². The van der Waals surface area contributed by atoms with Gasteiger partial charge in [-0.15, -0.1) is 0 Å². The highest BCUT2D eigenvalue weighted by Crippen LogP contribution is 2.20. The van der Waals surface area contributed by atoms with Crippen molar-refractivity contribution in [2.45, 2.75) is 64.1 Å². The van der Waals surface area contributed by atoms with Crippen LogP contribution in [0.3, 0.4) is 0 Å². The fraction of sp³-hybridized carbons (Fsp3) is 0.476. The van der Waals surface area contributed by atoms with Crippen LogP contribution in [0.5, 0.6) is 6.01 Å². The van der Waals surface area contributed by atoms with E-state index in [4.69, 9.17) is 4.98 Å². The van der Waals surface area contributed by atoms with E-state index in [0.29, 0.717) is 12.0 Å². The van der Waals surface area contributed by atoms with Crippen LogP contribution in [-0.4, -0.2) is 32.8 Å². The van der Waals surface area contributed by atoms with Crippen molar-refractivity contribution >= 4 is 6.08 Å². The Kier molecular flexibility index (Phi) is 7.42. The van der Waals surface area contributed by atoms with E-state index in [9.17, 15) is 13.9 Å².